The molecule has 0 aliphatic heterocycles. The molecule has 0 radical (unpaired) electrons. The van der Waals surface area contributed by atoms with Gasteiger partial charge < -0.3 is 24.8 Å². The molecule has 0 bridgehead atoms. The van der Waals surface area contributed by atoms with Gasteiger partial charge in [-0.25, -0.2) is 0 Å². The fourth-order valence-corrected chi connectivity index (χ4v) is 9.98. The van der Waals surface area contributed by atoms with Gasteiger partial charge in [-0.1, -0.05) is 171 Å². The van der Waals surface area contributed by atoms with E-state index in [0.717, 1.165) is 0 Å². The van der Waals surface area contributed by atoms with Crippen LogP contribution in [0.25, 0.3) is 87.6 Å². The fourth-order valence-electron chi connectivity index (χ4n) is 9.98. The third-order valence-corrected chi connectivity index (χ3v) is 13.3. The summed E-state index contributed by atoms with van der Waals surface area (Å²) in [6.45, 7) is 26.5. The van der Waals surface area contributed by atoms with E-state index in [1.165, 1.54) is 132 Å². The van der Waals surface area contributed by atoms with E-state index in [0.29, 0.717) is 0 Å². The van der Waals surface area contributed by atoms with E-state index in [4.69, 9.17) is 0 Å². The molecular formula is C72H72Cl2Si2Zr2-2. The number of hydrogen-bond donors (Lipinski definition) is 0. The predicted molar refractivity (Wildman–Crippen MR) is 333 cm³/mol. The summed E-state index contributed by atoms with van der Waals surface area (Å²) < 4.78 is 0. The van der Waals surface area contributed by atoms with E-state index in [9.17, 15) is 0 Å². The first-order valence-corrected chi connectivity index (χ1v) is 38.8. The molecular weight excluding hydrogens is 1170 g/mol. The molecule has 0 N–H and O–H groups in total. The number of benzene rings is 8. The number of halogens is 2. The van der Waals surface area contributed by atoms with Gasteiger partial charge in [-0.2, -0.15) is 24.3 Å². The molecule has 0 fully saturated rings. The van der Waals surface area contributed by atoms with Gasteiger partial charge in [0, 0.05) is 0 Å². The molecule has 0 heterocycles. The van der Waals surface area contributed by atoms with Crippen molar-refractivity contribution in [2.45, 2.75) is 81.6 Å². The van der Waals surface area contributed by atoms with Crippen molar-refractivity contribution < 1.29 is 71.5 Å². The fraction of sp³-hybridized carbons (Fsp3) is 0.167. The summed E-state index contributed by atoms with van der Waals surface area (Å²) in [5, 5.41) is 10.8. The molecule has 78 heavy (non-hydrogen) atoms. The van der Waals surface area contributed by atoms with Crippen LogP contribution in [0.5, 0.6) is 0 Å². The van der Waals surface area contributed by atoms with Crippen LogP contribution >= 0.6 is 0 Å². The van der Waals surface area contributed by atoms with Gasteiger partial charge in [0.2, 0.25) is 0 Å². The van der Waals surface area contributed by atoms with Crippen LogP contribution in [0.4, 0.5) is 0 Å². The normalized spacial score (nSPS) is 10.3. The molecule has 0 saturated carbocycles. The Hall–Kier alpha value is -5.02. The number of fused-ring (bicyclic) bond motifs is 4. The third kappa shape index (κ3) is 17.0. The smallest absolute Gasteiger partial charge is 0.0250 e. The quantitative estimate of drug-likeness (QED) is 0.122. The Balaban J connectivity index is 0.000000181. The first-order chi connectivity index (χ1) is 36.5. The van der Waals surface area contributed by atoms with Gasteiger partial charge in [0.05, 0.1) is 0 Å². The summed E-state index contributed by atoms with van der Waals surface area (Å²) in [5.41, 5.74) is 21.8. The molecule has 0 unspecified atom stereocenters. The molecule has 6 heteroatoms. The van der Waals surface area contributed by atoms with Crippen molar-refractivity contribution in [1.29, 1.82) is 0 Å². The Kier molecular flexibility index (Phi) is 25.0. The molecule has 0 amide bonds. The van der Waals surface area contributed by atoms with Crippen LogP contribution in [0, 0.1) is 55.4 Å². The van der Waals surface area contributed by atoms with Crippen LogP contribution in [0.2, 0.25) is 26.2 Å². The van der Waals surface area contributed by atoms with Crippen LogP contribution in [-0.4, -0.2) is 10.9 Å². The molecule has 12 aromatic rings. The summed E-state index contributed by atoms with van der Waals surface area (Å²) in [4.78, 5) is 0. The molecule has 0 nitrogen and oxygen atoms in total. The molecule has 0 atom stereocenters. The van der Waals surface area contributed by atoms with Gasteiger partial charge in [-0.3, -0.25) is 0 Å². The van der Waals surface area contributed by atoms with E-state index in [2.05, 4.69) is 300 Å². The first kappa shape index (κ1) is 63.8. The van der Waals surface area contributed by atoms with Crippen LogP contribution in [0.1, 0.15) is 44.5 Å². The predicted octanol–water partition coefficient (Wildman–Crippen LogP) is 14.9. The Morgan fingerprint density at radius 3 is 0.603 bits per heavy atom. The standard InChI is InChI=1S/4C17H15.2C2H6Si.2ClH.2Zr/c4*1-12-10-14-7-5-9-16(17(14)11-12)15-8-4-3-6-13(15)2;2*1-3-2;;;;/h4*3-11H,1-2H3;2*1-2H3;2*1H;;/q4*-1;;;;;2*+2/p-2. The molecule has 0 aromatic heterocycles. The third-order valence-electron chi connectivity index (χ3n) is 13.3. The van der Waals surface area contributed by atoms with E-state index in [1.54, 1.807) is 46.7 Å². The van der Waals surface area contributed by atoms with Crippen molar-refractivity contribution in [2.24, 2.45) is 0 Å². The summed E-state index contributed by atoms with van der Waals surface area (Å²) in [7, 11) is 0. The molecule has 12 aromatic carbocycles. The van der Waals surface area contributed by atoms with Crippen molar-refractivity contribution in [3.63, 3.8) is 0 Å². The SMILES string of the molecule is C[Si](C)=[Zr+2].C[Si](C)=[Zr+2].Cc1cc2c(-c3ccccc3C)cccc2[cH-]1.Cc1cc2c(-c3ccccc3C)cccc2[cH-]1.Cc1cc2c(-c3ccccc3C)cccc2[cH-]1.Cc1cc2c(-c3ccccc3C)cccc2[cH-]1.[Cl-].[Cl-]. The maximum absolute atomic E-state index is 2.31. The number of hydrogen-bond acceptors (Lipinski definition) is 0. The molecule has 392 valence electrons. The monoisotopic (exact) mass is 1240 g/mol. The summed E-state index contributed by atoms with van der Waals surface area (Å²) in [6.07, 6.45) is 0. The Labute approximate surface area is 509 Å². The average Bonchev–Trinajstić information content (AvgIpc) is 4.19. The second kappa shape index (κ2) is 30.5. The van der Waals surface area contributed by atoms with Crippen LogP contribution in [-0.2, 0) is 46.7 Å². The van der Waals surface area contributed by atoms with Crippen molar-refractivity contribution in [2.75, 3.05) is 0 Å². The summed E-state index contributed by atoms with van der Waals surface area (Å²) in [5.74, 6) is 0. The number of aryl methyl sites for hydroxylation is 8. The Morgan fingerprint density at radius 1 is 0.256 bits per heavy atom. The Bertz CT molecular complexity index is 3410. The van der Waals surface area contributed by atoms with E-state index >= 15 is 0 Å². The molecule has 0 spiro atoms. The van der Waals surface area contributed by atoms with Gasteiger partial charge in [-0.05, 0) is 72.2 Å². The van der Waals surface area contributed by atoms with Crippen LogP contribution in [0.3, 0.4) is 0 Å². The maximum atomic E-state index is 2.31. The maximum Gasteiger partial charge on any atom is -0.0250 e. The van der Waals surface area contributed by atoms with Crippen molar-refractivity contribution in [3.8, 4) is 44.5 Å². The van der Waals surface area contributed by atoms with Gasteiger partial charge in [-0.15, -0.1) is 138 Å². The second-order valence-electron chi connectivity index (χ2n) is 20.6. The van der Waals surface area contributed by atoms with Gasteiger partial charge in [0.25, 0.3) is 0 Å². The minimum Gasteiger partial charge on any atom is -1.00 e. The molecule has 0 saturated heterocycles. The average molecular weight is 1250 g/mol. The Morgan fingerprint density at radius 2 is 0.423 bits per heavy atom. The van der Waals surface area contributed by atoms with Gasteiger partial charge >= 0.3 is 83.7 Å². The zero-order valence-electron chi connectivity index (χ0n) is 47.5. The zero-order valence-corrected chi connectivity index (χ0v) is 56.0. The summed E-state index contributed by atoms with van der Waals surface area (Å²) in [6, 6.07) is 78.5. The van der Waals surface area contributed by atoms with Crippen LogP contribution < -0.4 is 24.8 Å². The topological polar surface area (TPSA) is 0 Å². The van der Waals surface area contributed by atoms with E-state index in [-0.39, 0.29) is 35.7 Å². The minimum atomic E-state index is 0. The van der Waals surface area contributed by atoms with Gasteiger partial charge in [0.1, 0.15) is 0 Å². The second-order valence-corrected chi connectivity index (χ2v) is 39.4. The molecule has 12 rings (SSSR count). The van der Waals surface area contributed by atoms with E-state index in [1.807, 2.05) is 0 Å². The van der Waals surface area contributed by atoms with E-state index < -0.39 is 0 Å². The van der Waals surface area contributed by atoms with Crippen LogP contribution in [0.15, 0.2) is 218 Å². The van der Waals surface area contributed by atoms with Gasteiger partial charge in [0.15, 0.2) is 0 Å². The number of rotatable bonds is 4. The van der Waals surface area contributed by atoms with Crippen molar-refractivity contribution in [3.05, 3.63) is 263 Å². The van der Waals surface area contributed by atoms with Crippen molar-refractivity contribution in [1.82, 2.24) is 0 Å². The van der Waals surface area contributed by atoms with Crippen molar-refractivity contribution >= 4 is 54.0 Å². The first-order valence-electron chi connectivity index (χ1n) is 26.4. The summed E-state index contributed by atoms with van der Waals surface area (Å²) >= 11 is 3.48. The minimum absolute atomic E-state index is 0. The molecule has 0 aliphatic carbocycles. The largest absolute Gasteiger partial charge is 1.00 e. The molecule has 0 aliphatic rings. The zero-order chi connectivity index (χ0) is 54.5.